The Kier molecular flexibility index (Phi) is 5.01. The molecule has 0 unspecified atom stereocenters. The molecular formula is C15H24O2. The maximum absolute atomic E-state index is 9.14. The molecule has 0 saturated heterocycles. The highest BCUT2D eigenvalue weighted by atomic mass is 16.5. The quantitative estimate of drug-likeness (QED) is 0.766. The van der Waals surface area contributed by atoms with Gasteiger partial charge in [-0.15, -0.1) is 0 Å². The van der Waals surface area contributed by atoms with Crippen LogP contribution in [0.25, 0.3) is 0 Å². The predicted molar refractivity (Wildman–Crippen MR) is 71.5 cm³/mol. The lowest BCUT2D eigenvalue weighted by Crippen LogP contribution is -2.17. The SMILES string of the molecule is Cc1cc(C)cc(OCCCC(C)(C)CO)c1. The molecule has 2 heteroatoms. The molecule has 1 aromatic carbocycles. The van der Waals surface area contributed by atoms with Gasteiger partial charge >= 0.3 is 0 Å². The summed E-state index contributed by atoms with van der Waals surface area (Å²) in [6.45, 7) is 9.25. The van der Waals surface area contributed by atoms with Crippen LogP contribution >= 0.6 is 0 Å². The van der Waals surface area contributed by atoms with E-state index in [4.69, 9.17) is 9.84 Å². The molecule has 96 valence electrons. The molecule has 0 bridgehead atoms. The van der Waals surface area contributed by atoms with E-state index >= 15 is 0 Å². The molecule has 0 aromatic heterocycles. The Labute approximate surface area is 105 Å². The van der Waals surface area contributed by atoms with E-state index in [1.54, 1.807) is 0 Å². The summed E-state index contributed by atoms with van der Waals surface area (Å²) in [5.41, 5.74) is 2.47. The Bertz CT molecular complexity index is 336. The maximum Gasteiger partial charge on any atom is 0.119 e. The first kappa shape index (κ1) is 14.0. The number of aliphatic hydroxyl groups excluding tert-OH is 1. The van der Waals surface area contributed by atoms with Crippen molar-refractivity contribution in [2.45, 2.75) is 40.5 Å². The summed E-state index contributed by atoms with van der Waals surface area (Å²) in [6.07, 6.45) is 1.95. The van der Waals surface area contributed by atoms with Crippen LogP contribution in [0.5, 0.6) is 5.75 Å². The average Bonchev–Trinajstić information content (AvgIpc) is 2.23. The summed E-state index contributed by atoms with van der Waals surface area (Å²) in [4.78, 5) is 0. The first-order chi connectivity index (χ1) is 7.93. The predicted octanol–water partition coefficient (Wildman–Crippen LogP) is 3.48. The van der Waals surface area contributed by atoms with Crippen LogP contribution in [-0.4, -0.2) is 18.3 Å². The lowest BCUT2D eigenvalue weighted by molar-refractivity contribution is 0.140. The summed E-state index contributed by atoms with van der Waals surface area (Å²) < 4.78 is 5.73. The third kappa shape index (κ3) is 5.22. The zero-order valence-electron chi connectivity index (χ0n) is 11.4. The van der Waals surface area contributed by atoms with E-state index in [2.05, 4.69) is 45.9 Å². The number of aryl methyl sites for hydroxylation is 2. The van der Waals surface area contributed by atoms with E-state index in [0.29, 0.717) is 6.61 Å². The summed E-state index contributed by atoms with van der Waals surface area (Å²) in [5, 5.41) is 9.14. The molecule has 0 amide bonds. The van der Waals surface area contributed by atoms with Gasteiger partial charge in [0.15, 0.2) is 0 Å². The van der Waals surface area contributed by atoms with Gasteiger partial charge in [-0.2, -0.15) is 0 Å². The van der Waals surface area contributed by atoms with Gasteiger partial charge in [-0.1, -0.05) is 19.9 Å². The molecule has 0 fully saturated rings. The molecule has 0 aliphatic heterocycles. The fourth-order valence-electron chi connectivity index (χ4n) is 1.84. The van der Waals surface area contributed by atoms with Crippen molar-refractivity contribution >= 4 is 0 Å². The van der Waals surface area contributed by atoms with Crippen molar-refractivity contribution in [3.63, 3.8) is 0 Å². The van der Waals surface area contributed by atoms with Gasteiger partial charge in [0.05, 0.1) is 6.61 Å². The van der Waals surface area contributed by atoms with Crippen LogP contribution in [0.15, 0.2) is 18.2 Å². The smallest absolute Gasteiger partial charge is 0.119 e. The van der Waals surface area contributed by atoms with Crippen molar-refractivity contribution in [3.8, 4) is 5.75 Å². The fourth-order valence-corrected chi connectivity index (χ4v) is 1.84. The van der Waals surface area contributed by atoms with Crippen LogP contribution in [0.3, 0.4) is 0 Å². The number of aliphatic hydroxyl groups is 1. The Morgan fingerprint density at radius 1 is 1.12 bits per heavy atom. The molecule has 0 saturated carbocycles. The number of benzene rings is 1. The fraction of sp³-hybridized carbons (Fsp3) is 0.600. The van der Waals surface area contributed by atoms with Crippen LogP contribution in [0.1, 0.15) is 37.8 Å². The number of rotatable bonds is 6. The van der Waals surface area contributed by atoms with E-state index in [-0.39, 0.29) is 12.0 Å². The van der Waals surface area contributed by atoms with Gasteiger partial charge in [-0.25, -0.2) is 0 Å². The van der Waals surface area contributed by atoms with Crippen LogP contribution in [-0.2, 0) is 0 Å². The van der Waals surface area contributed by atoms with Gasteiger partial charge in [-0.3, -0.25) is 0 Å². The van der Waals surface area contributed by atoms with E-state index < -0.39 is 0 Å². The molecule has 0 radical (unpaired) electrons. The van der Waals surface area contributed by atoms with E-state index in [0.717, 1.165) is 18.6 Å². The lowest BCUT2D eigenvalue weighted by atomic mass is 9.89. The molecule has 1 aromatic rings. The molecule has 2 nitrogen and oxygen atoms in total. The molecule has 0 spiro atoms. The summed E-state index contributed by atoms with van der Waals surface area (Å²) in [5.74, 6) is 0.948. The summed E-state index contributed by atoms with van der Waals surface area (Å²) in [6, 6.07) is 6.26. The van der Waals surface area contributed by atoms with Crippen molar-refractivity contribution in [2.75, 3.05) is 13.2 Å². The first-order valence-corrected chi connectivity index (χ1v) is 6.25. The minimum atomic E-state index is 0.00583. The Morgan fingerprint density at radius 2 is 1.71 bits per heavy atom. The molecule has 0 aliphatic rings. The minimum Gasteiger partial charge on any atom is -0.494 e. The monoisotopic (exact) mass is 236 g/mol. The average molecular weight is 236 g/mol. The standard InChI is InChI=1S/C15H24O2/c1-12-8-13(2)10-14(9-12)17-7-5-6-15(3,4)11-16/h8-10,16H,5-7,11H2,1-4H3. The van der Waals surface area contributed by atoms with Crippen LogP contribution < -0.4 is 4.74 Å². The van der Waals surface area contributed by atoms with Crippen LogP contribution in [0.2, 0.25) is 0 Å². The Balaban J connectivity index is 2.36. The molecule has 1 N–H and O–H groups in total. The van der Waals surface area contributed by atoms with Gasteiger partial charge in [0.25, 0.3) is 0 Å². The molecule has 17 heavy (non-hydrogen) atoms. The van der Waals surface area contributed by atoms with Gasteiger partial charge in [-0.05, 0) is 55.4 Å². The molecular weight excluding hydrogens is 212 g/mol. The highest BCUT2D eigenvalue weighted by Crippen LogP contribution is 2.22. The van der Waals surface area contributed by atoms with E-state index in [9.17, 15) is 0 Å². The second kappa shape index (κ2) is 6.06. The first-order valence-electron chi connectivity index (χ1n) is 6.25. The molecule has 0 aliphatic carbocycles. The normalized spacial score (nSPS) is 11.6. The third-order valence-corrected chi connectivity index (χ3v) is 2.89. The summed E-state index contributed by atoms with van der Waals surface area (Å²) >= 11 is 0. The largest absolute Gasteiger partial charge is 0.494 e. The molecule has 0 heterocycles. The van der Waals surface area contributed by atoms with Crippen molar-refractivity contribution in [1.29, 1.82) is 0 Å². The van der Waals surface area contributed by atoms with Crippen molar-refractivity contribution in [1.82, 2.24) is 0 Å². The maximum atomic E-state index is 9.14. The second-order valence-corrected chi connectivity index (χ2v) is 5.60. The Hall–Kier alpha value is -1.02. The molecule has 1 rings (SSSR count). The Morgan fingerprint density at radius 3 is 2.24 bits per heavy atom. The van der Waals surface area contributed by atoms with Gasteiger partial charge in [0.1, 0.15) is 5.75 Å². The summed E-state index contributed by atoms with van der Waals surface area (Å²) in [7, 11) is 0. The number of hydrogen-bond acceptors (Lipinski definition) is 2. The molecule has 0 atom stereocenters. The second-order valence-electron chi connectivity index (χ2n) is 5.60. The van der Waals surface area contributed by atoms with E-state index in [1.807, 2.05) is 0 Å². The van der Waals surface area contributed by atoms with Crippen molar-refractivity contribution in [3.05, 3.63) is 29.3 Å². The van der Waals surface area contributed by atoms with Crippen molar-refractivity contribution < 1.29 is 9.84 Å². The zero-order chi connectivity index (χ0) is 12.9. The highest BCUT2D eigenvalue weighted by Gasteiger charge is 2.15. The van der Waals surface area contributed by atoms with Gasteiger partial charge in [0, 0.05) is 6.61 Å². The lowest BCUT2D eigenvalue weighted by Gasteiger charge is -2.21. The highest BCUT2D eigenvalue weighted by molar-refractivity contribution is 5.32. The van der Waals surface area contributed by atoms with Crippen LogP contribution in [0.4, 0.5) is 0 Å². The van der Waals surface area contributed by atoms with Crippen LogP contribution in [0, 0.1) is 19.3 Å². The van der Waals surface area contributed by atoms with Crippen molar-refractivity contribution in [2.24, 2.45) is 5.41 Å². The van der Waals surface area contributed by atoms with Gasteiger partial charge in [0.2, 0.25) is 0 Å². The zero-order valence-corrected chi connectivity index (χ0v) is 11.4. The van der Waals surface area contributed by atoms with E-state index in [1.165, 1.54) is 11.1 Å². The third-order valence-electron chi connectivity index (χ3n) is 2.89. The topological polar surface area (TPSA) is 29.5 Å². The number of hydrogen-bond donors (Lipinski definition) is 1. The number of ether oxygens (including phenoxy) is 1. The minimum absolute atomic E-state index is 0.00583. The van der Waals surface area contributed by atoms with Gasteiger partial charge < -0.3 is 9.84 Å².